The zero-order valence-corrected chi connectivity index (χ0v) is 11.6. The van der Waals surface area contributed by atoms with Gasteiger partial charge in [-0.15, -0.1) is 0 Å². The van der Waals surface area contributed by atoms with Crippen LogP contribution in [0.5, 0.6) is 0 Å². The number of aromatic nitrogens is 2. The molecule has 98 valence electrons. The van der Waals surface area contributed by atoms with Crippen molar-refractivity contribution >= 4 is 11.6 Å². The van der Waals surface area contributed by atoms with Crippen molar-refractivity contribution in [2.45, 2.75) is 52.2 Å². The first-order chi connectivity index (χ1) is 7.97. The van der Waals surface area contributed by atoms with Crippen molar-refractivity contribution in [3.63, 3.8) is 0 Å². The number of nitrogens with two attached hydrogens (primary N) is 1. The lowest BCUT2D eigenvalue weighted by molar-refractivity contribution is 0.0379. The van der Waals surface area contributed by atoms with Crippen LogP contribution in [0, 0.1) is 6.92 Å². The molecule has 0 aliphatic carbocycles. The average Bonchev–Trinajstić information content (AvgIpc) is 2.57. The van der Waals surface area contributed by atoms with Crippen LogP contribution in [0.2, 0.25) is 5.02 Å². The Morgan fingerprint density at radius 2 is 2.12 bits per heavy atom. The van der Waals surface area contributed by atoms with E-state index in [-0.39, 0.29) is 6.54 Å². The van der Waals surface area contributed by atoms with Crippen molar-refractivity contribution in [1.82, 2.24) is 9.78 Å². The van der Waals surface area contributed by atoms with Crippen molar-refractivity contribution < 1.29 is 5.11 Å². The first kappa shape index (κ1) is 14.5. The molecular formula is C12H22ClN3O. The summed E-state index contributed by atoms with van der Waals surface area (Å²) in [6.45, 7) is 6.90. The summed E-state index contributed by atoms with van der Waals surface area (Å²) in [4.78, 5) is 0. The molecule has 1 heterocycles. The number of hydrogen-bond acceptors (Lipinski definition) is 3. The molecule has 1 aromatic rings. The quantitative estimate of drug-likeness (QED) is 0.820. The minimum atomic E-state index is -0.877. The van der Waals surface area contributed by atoms with Crippen LogP contribution in [-0.2, 0) is 13.0 Å². The number of rotatable bonds is 6. The van der Waals surface area contributed by atoms with Crippen molar-refractivity contribution in [3.8, 4) is 0 Å². The average molecular weight is 260 g/mol. The maximum absolute atomic E-state index is 10.4. The first-order valence-electron chi connectivity index (χ1n) is 6.11. The van der Waals surface area contributed by atoms with E-state index in [1.54, 1.807) is 0 Å². The second-order valence-corrected chi connectivity index (χ2v) is 4.90. The molecule has 0 bridgehead atoms. The Balaban J connectivity index is 3.00. The molecule has 1 aromatic heterocycles. The van der Waals surface area contributed by atoms with Crippen molar-refractivity contribution in [2.75, 3.05) is 6.54 Å². The third-order valence-corrected chi connectivity index (χ3v) is 3.54. The third-order valence-electron chi connectivity index (χ3n) is 3.04. The van der Waals surface area contributed by atoms with Gasteiger partial charge in [-0.1, -0.05) is 24.9 Å². The van der Waals surface area contributed by atoms with E-state index in [2.05, 4.69) is 5.10 Å². The summed E-state index contributed by atoms with van der Waals surface area (Å²) < 4.78 is 1.84. The van der Waals surface area contributed by atoms with Gasteiger partial charge in [0.1, 0.15) is 0 Å². The van der Waals surface area contributed by atoms with Gasteiger partial charge in [-0.05, 0) is 20.3 Å². The SMILES string of the molecule is CCCC(O)(CN)Cc1c(Cl)c(C)nn1CC. The van der Waals surface area contributed by atoms with E-state index in [1.165, 1.54) is 0 Å². The molecular weight excluding hydrogens is 238 g/mol. The lowest BCUT2D eigenvalue weighted by Gasteiger charge is -2.26. The second kappa shape index (κ2) is 5.85. The summed E-state index contributed by atoms with van der Waals surface area (Å²) >= 11 is 6.22. The van der Waals surface area contributed by atoms with E-state index in [4.69, 9.17) is 17.3 Å². The summed E-state index contributed by atoms with van der Waals surface area (Å²) in [6, 6.07) is 0. The fraction of sp³-hybridized carbons (Fsp3) is 0.750. The molecule has 1 unspecified atom stereocenters. The standard InChI is InChI=1S/C12H22ClN3O/c1-4-6-12(17,8-14)7-10-11(13)9(3)15-16(10)5-2/h17H,4-8,14H2,1-3H3. The van der Waals surface area contributed by atoms with Crippen molar-refractivity contribution in [2.24, 2.45) is 5.73 Å². The normalized spacial score (nSPS) is 14.9. The lowest BCUT2D eigenvalue weighted by atomic mass is 9.92. The molecule has 0 aliphatic heterocycles. The number of aryl methyl sites for hydroxylation is 2. The Morgan fingerprint density at radius 3 is 2.59 bits per heavy atom. The van der Waals surface area contributed by atoms with E-state index in [0.29, 0.717) is 17.9 Å². The Morgan fingerprint density at radius 1 is 1.47 bits per heavy atom. The third kappa shape index (κ3) is 3.21. The van der Waals surface area contributed by atoms with Gasteiger partial charge < -0.3 is 10.8 Å². The Labute approximate surface area is 108 Å². The van der Waals surface area contributed by atoms with Crippen LogP contribution in [0.15, 0.2) is 0 Å². The highest BCUT2D eigenvalue weighted by Crippen LogP contribution is 2.26. The molecule has 0 fully saturated rings. The van der Waals surface area contributed by atoms with Crippen LogP contribution in [0.4, 0.5) is 0 Å². The highest BCUT2D eigenvalue weighted by atomic mass is 35.5. The van der Waals surface area contributed by atoms with Crippen LogP contribution in [0.3, 0.4) is 0 Å². The topological polar surface area (TPSA) is 64.1 Å². The van der Waals surface area contributed by atoms with Gasteiger partial charge in [-0.2, -0.15) is 5.10 Å². The maximum atomic E-state index is 10.4. The summed E-state index contributed by atoms with van der Waals surface area (Å²) in [5.74, 6) is 0. The van der Waals surface area contributed by atoms with Crippen LogP contribution in [-0.4, -0.2) is 27.0 Å². The molecule has 5 heteroatoms. The Hall–Kier alpha value is -0.580. The highest BCUT2D eigenvalue weighted by molar-refractivity contribution is 6.31. The molecule has 0 saturated carbocycles. The molecule has 0 aromatic carbocycles. The van der Waals surface area contributed by atoms with Gasteiger partial charge in [0, 0.05) is 19.5 Å². The summed E-state index contributed by atoms with van der Waals surface area (Å²) in [7, 11) is 0. The monoisotopic (exact) mass is 259 g/mol. The van der Waals surface area contributed by atoms with Gasteiger partial charge in [0.05, 0.1) is 22.0 Å². The summed E-state index contributed by atoms with van der Waals surface area (Å²) in [5.41, 5.74) is 6.48. The van der Waals surface area contributed by atoms with Gasteiger partial charge in [-0.3, -0.25) is 4.68 Å². The molecule has 0 amide bonds. The minimum absolute atomic E-state index is 0.241. The molecule has 4 nitrogen and oxygen atoms in total. The Bertz CT molecular complexity index is 378. The fourth-order valence-corrected chi connectivity index (χ4v) is 2.28. The maximum Gasteiger partial charge on any atom is 0.0848 e. The molecule has 0 radical (unpaired) electrons. The molecule has 17 heavy (non-hydrogen) atoms. The molecule has 0 saturated heterocycles. The zero-order chi connectivity index (χ0) is 13.1. The minimum Gasteiger partial charge on any atom is -0.388 e. The molecule has 3 N–H and O–H groups in total. The smallest absolute Gasteiger partial charge is 0.0848 e. The van der Waals surface area contributed by atoms with E-state index in [0.717, 1.165) is 24.4 Å². The molecule has 1 atom stereocenters. The van der Waals surface area contributed by atoms with E-state index in [9.17, 15) is 5.11 Å². The zero-order valence-electron chi connectivity index (χ0n) is 10.8. The number of halogens is 1. The summed E-state index contributed by atoms with van der Waals surface area (Å²) in [6.07, 6.45) is 2.03. The highest BCUT2D eigenvalue weighted by Gasteiger charge is 2.28. The van der Waals surface area contributed by atoms with E-state index < -0.39 is 5.60 Å². The molecule has 1 rings (SSSR count). The van der Waals surface area contributed by atoms with Crippen molar-refractivity contribution in [1.29, 1.82) is 0 Å². The largest absolute Gasteiger partial charge is 0.388 e. The second-order valence-electron chi connectivity index (χ2n) is 4.52. The predicted octanol–water partition coefficient (Wildman–Crippen LogP) is 1.90. The summed E-state index contributed by atoms with van der Waals surface area (Å²) in [5, 5.41) is 15.4. The molecule has 0 aliphatic rings. The number of aliphatic hydroxyl groups is 1. The van der Waals surface area contributed by atoms with Crippen LogP contribution in [0.1, 0.15) is 38.1 Å². The lowest BCUT2D eigenvalue weighted by Crippen LogP contribution is -2.40. The first-order valence-corrected chi connectivity index (χ1v) is 6.49. The van der Waals surface area contributed by atoms with Gasteiger partial charge in [0.15, 0.2) is 0 Å². The molecule has 0 spiro atoms. The fourth-order valence-electron chi connectivity index (χ4n) is 2.08. The van der Waals surface area contributed by atoms with Crippen LogP contribution >= 0.6 is 11.6 Å². The van der Waals surface area contributed by atoms with Crippen molar-refractivity contribution in [3.05, 3.63) is 16.4 Å². The predicted molar refractivity (Wildman–Crippen MR) is 70.3 cm³/mol. The van der Waals surface area contributed by atoms with E-state index in [1.807, 2.05) is 25.5 Å². The van der Waals surface area contributed by atoms with Gasteiger partial charge in [-0.25, -0.2) is 0 Å². The Kier molecular flexibility index (Phi) is 4.98. The number of hydrogen-bond donors (Lipinski definition) is 2. The van der Waals surface area contributed by atoms with E-state index >= 15 is 0 Å². The van der Waals surface area contributed by atoms with Gasteiger partial charge >= 0.3 is 0 Å². The van der Waals surface area contributed by atoms with Gasteiger partial charge in [0.2, 0.25) is 0 Å². The van der Waals surface area contributed by atoms with Gasteiger partial charge in [0.25, 0.3) is 0 Å². The van der Waals surface area contributed by atoms with Crippen LogP contribution < -0.4 is 5.73 Å². The number of nitrogens with zero attached hydrogens (tertiary/aromatic N) is 2. The van der Waals surface area contributed by atoms with Crippen LogP contribution in [0.25, 0.3) is 0 Å².